The molecule has 6 heteroatoms. The predicted octanol–water partition coefficient (Wildman–Crippen LogP) is 1.58. The van der Waals surface area contributed by atoms with Crippen LogP contribution in [0.5, 0.6) is 0 Å². The van der Waals surface area contributed by atoms with Crippen LogP contribution in [0.3, 0.4) is 0 Å². The highest BCUT2D eigenvalue weighted by Gasteiger charge is 2.16. The van der Waals surface area contributed by atoms with Crippen LogP contribution in [0.15, 0.2) is 0 Å². The van der Waals surface area contributed by atoms with Crippen molar-refractivity contribution in [2.45, 2.75) is 26.3 Å². The van der Waals surface area contributed by atoms with Crippen molar-refractivity contribution >= 4 is 18.2 Å². The highest BCUT2D eigenvalue weighted by atomic mass is 32.1. The number of hydrogen-bond acceptors (Lipinski definition) is 4. The fraction of sp³-hybridized carbons (Fsp3) is 0.800. The molecule has 2 heterocycles. The summed E-state index contributed by atoms with van der Waals surface area (Å²) >= 11 is 5.24. The summed E-state index contributed by atoms with van der Waals surface area (Å²) in [7, 11) is 0. The first kappa shape index (κ1) is 11.6. The molecule has 5 nitrogen and oxygen atoms in total. The standard InChI is InChI=1S/C10H18N4OS/c1-2-3-4-14-9(11-12-10(14)16)13-5-7-15-8-6-13/h2-8H2,1H3,(H,12,16). The van der Waals surface area contributed by atoms with Gasteiger partial charge in [0.25, 0.3) is 0 Å². The van der Waals surface area contributed by atoms with Gasteiger partial charge in [-0.3, -0.25) is 4.57 Å². The van der Waals surface area contributed by atoms with Crippen LogP contribution in [0.2, 0.25) is 0 Å². The van der Waals surface area contributed by atoms with E-state index in [0.717, 1.165) is 56.4 Å². The summed E-state index contributed by atoms with van der Waals surface area (Å²) in [5.74, 6) is 0.960. The lowest BCUT2D eigenvalue weighted by Gasteiger charge is -2.27. The molecule has 1 fully saturated rings. The van der Waals surface area contributed by atoms with Crippen LogP contribution >= 0.6 is 12.2 Å². The van der Waals surface area contributed by atoms with Crippen molar-refractivity contribution in [3.8, 4) is 0 Å². The molecule has 0 spiro atoms. The van der Waals surface area contributed by atoms with E-state index in [1.807, 2.05) is 0 Å². The molecule has 1 aromatic rings. The smallest absolute Gasteiger partial charge is 0.225 e. The van der Waals surface area contributed by atoms with Gasteiger partial charge in [0.2, 0.25) is 5.95 Å². The van der Waals surface area contributed by atoms with E-state index >= 15 is 0 Å². The van der Waals surface area contributed by atoms with Gasteiger partial charge in [0, 0.05) is 19.6 Å². The Bertz CT molecular complexity index is 380. The van der Waals surface area contributed by atoms with Gasteiger partial charge in [0.15, 0.2) is 4.77 Å². The number of anilines is 1. The molecule has 0 saturated carbocycles. The number of morpholine rings is 1. The Morgan fingerprint density at radius 3 is 2.88 bits per heavy atom. The molecule has 2 rings (SSSR count). The number of nitrogens with one attached hydrogen (secondary N) is 1. The van der Waals surface area contributed by atoms with Gasteiger partial charge in [-0.2, -0.15) is 0 Å². The molecule has 0 aliphatic carbocycles. The van der Waals surface area contributed by atoms with Gasteiger partial charge in [-0.25, -0.2) is 5.10 Å². The quantitative estimate of drug-likeness (QED) is 0.814. The van der Waals surface area contributed by atoms with E-state index in [-0.39, 0.29) is 0 Å². The van der Waals surface area contributed by atoms with Gasteiger partial charge in [-0.1, -0.05) is 13.3 Å². The van der Waals surface area contributed by atoms with Crippen LogP contribution in [0.1, 0.15) is 19.8 Å². The highest BCUT2D eigenvalue weighted by molar-refractivity contribution is 7.71. The molecule has 0 amide bonds. The minimum absolute atomic E-state index is 0.718. The number of aromatic amines is 1. The van der Waals surface area contributed by atoms with Crippen LogP contribution in [-0.4, -0.2) is 41.1 Å². The first-order valence-corrected chi connectivity index (χ1v) is 6.21. The molecule has 0 atom stereocenters. The monoisotopic (exact) mass is 242 g/mol. The Hall–Kier alpha value is -0.880. The first-order valence-electron chi connectivity index (χ1n) is 5.81. The molecule has 16 heavy (non-hydrogen) atoms. The number of rotatable bonds is 4. The molecule has 0 aromatic carbocycles. The zero-order valence-corrected chi connectivity index (χ0v) is 10.4. The van der Waals surface area contributed by atoms with E-state index in [4.69, 9.17) is 17.0 Å². The molecule has 1 N–H and O–H groups in total. The molecule has 1 saturated heterocycles. The number of unbranched alkanes of at least 4 members (excludes halogenated alkanes) is 1. The predicted molar refractivity (Wildman–Crippen MR) is 65.4 cm³/mol. The maximum atomic E-state index is 5.33. The second kappa shape index (κ2) is 5.45. The zero-order chi connectivity index (χ0) is 11.4. The maximum absolute atomic E-state index is 5.33. The highest BCUT2D eigenvalue weighted by Crippen LogP contribution is 2.14. The third kappa shape index (κ3) is 2.44. The molecule has 1 aliphatic heterocycles. The van der Waals surface area contributed by atoms with Gasteiger partial charge in [0.1, 0.15) is 0 Å². The molecule has 90 valence electrons. The minimum atomic E-state index is 0.718. The van der Waals surface area contributed by atoms with E-state index in [9.17, 15) is 0 Å². The summed E-state index contributed by atoms with van der Waals surface area (Å²) in [5.41, 5.74) is 0. The van der Waals surface area contributed by atoms with Gasteiger partial charge in [0.05, 0.1) is 13.2 Å². The van der Waals surface area contributed by atoms with Crippen molar-refractivity contribution in [1.29, 1.82) is 0 Å². The summed E-state index contributed by atoms with van der Waals surface area (Å²) in [6, 6.07) is 0. The SMILES string of the molecule is CCCCn1c(N2CCOCC2)n[nH]c1=S. The molecule has 0 unspecified atom stereocenters. The lowest BCUT2D eigenvalue weighted by molar-refractivity contribution is 0.121. The van der Waals surface area contributed by atoms with Crippen LogP contribution in [-0.2, 0) is 11.3 Å². The lowest BCUT2D eigenvalue weighted by atomic mass is 10.3. The number of H-pyrrole nitrogens is 1. The van der Waals surface area contributed by atoms with E-state index in [1.54, 1.807) is 0 Å². The number of ether oxygens (including phenoxy) is 1. The zero-order valence-electron chi connectivity index (χ0n) is 9.61. The number of aromatic nitrogens is 3. The van der Waals surface area contributed by atoms with Crippen molar-refractivity contribution in [1.82, 2.24) is 14.8 Å². The summed E-state index contributed by atoms with van der Waals surface area (Å²) in [5, 5.41) is 7.19. The minimum Gasteiger partial charge on any atom is -0.378 e. The molecule has 1 aliphatic rings. The normalized spacial score (nSPS) is 16.7. The maximum Gasteiger partial charge on any atom is 0.225 e. The topological polar surface area (TPSA) is 46.1 Å². The first-order chi connectivity index (χ1) is 7.83. The number of hydrogen-bond donors (Lipinski definition) is 1. The summed E-state index contributed by atoms with van der Waals surface area (Å²) < 4.78 is 8.14. The fourth-order valence-corrected chi connectivity index (χ4v) is 2.05. The second-order valence-corrected chi connectivity index (χ2v) is 4.32. The van der Waals surface area contributed by atoms with E-state index in [0.29, 0.717) is 0 Å². The van der Waals surface area contributed by atoms with Crippen molar-refractivity contribution in [3.05, 3.63) is 4.77 Å². The Morgan fingerprint density at radius 2 is 2.19 bits per heavy atom. The third-order valence-electron chi connectivity index (χ3n) is 2.77. The third-order valence-corrected chi connectivity index (χ3v) is 3.08. The van der Waals surface area contributed by atoms with Gasteiger partial charge < -0.3 is 9.64 Å². The Labute approximate surface area is 100 Å². The fourth-order valence-electron chi connectivity index (χ4n) is 1.83. The Balaban J connectivity index is 2.15. The van der Waals surface area contributed by atoms with Gasteiger partial charge in [-0.05, 0) is 18.6 Å². The van der Waals surface area contributed by atoms with Crippen LogP contribution < -0.4 is 4.90 Å². The number of nitrogens with zero attached hydrogens (tertiary/aromatic N) is 3. The average Bonchev–Trinajstić information content (AvgIpc) is 2.69. The van der Waals surface area contributed by atoms with Crippen molar-refractivity contribution < 1.29 is 4.74 Å². The lowest BCUT2D eigenvalue weighted by Crippen LogP contribution is -2.38. The van der Waals surface area contributed by atoms with Crippen molar-refractivity contribution in [2.24, 2.45) is 0 Å². The van der Waals surface area contributed by atoms with Gasteiger partial charge in [-0.15, -0.1) is 5.10 Å². The summed E-state index contributed by atoms with van der Waals surface area (Å²) in [6.45, 7) is 6.45. The van der Waals surface area contributed by atoms with Crippen LogP contribution in [0, 0.1) is 4.77 Å². The Kier molecular flexibility index (Phi) is 3.95. The molecule has 1 aromatic heterocycles. The van der Waals surface area contributed by atoms with Crippen molar-refractivity contribution in [3.63, 3.8) is 0 Å². The molecular formula is C10H18N4OS. The van der Waals surface area contributed by atoms with Crippen LogP contribution in [0.4, 0.5) is 5.95 Å². The molecular weight excluding hydrogens is 224 g/mol. The van der Waals surface area contributed by atoms with Crippen LogP contribution in [0.25, 0.3) is 0 Å². The van der Waals surface area contributed by atoms with Gasteiger partial charge >= 0.3 is 0 Å². The van der Waals surface area contributed by atoms with E-state index < -0.39 is 0 Å². The average molecular weight is 242 g/mol. The van der Waals surface area contributed by atoms with E-state index in [1.165, 1.54) is 0 Å². The van der Waals surface area contributed by atoms with Crippen molar-refractivity contribution in [2.75, 3.05) is 31.2 Å². The van der Waals surface area contributed by atoms with E-state index in [2.05, 4.69) is 26.6 Å². The summed E-state index contributed by atoms with van der Waals surface area (Å²) in [4.78, 5) is 2.23. The largest absolute Gasteiger partial charge is 0.378 e. The Morgan fingerprint density at radius 1 is 1.44 bits per heavy atom. The molecule has 0 bridgehead atoms. The second-order valence-electron chi connectivity index (χ2n) is 3.93. The molecule has 0 radical (unpaired) electrons. The summed E-state index contributed by atoms with van der Waals surface area (Å²) in [6.07, 6.45) is 2.29.